The molecule has 1 aromatic heterocycles. The molecule has 6 heteroatoms. The molecule has 2 fully saturated rings. The summed E-state index contributed by atoms with van der Waals surface area (Å²) in [5, 5.41) is 5.73. The van der Waals surface area contributed by atoms with Crippen LogP contribution in [-0.2, 0) is 6.54 Å². The zero-order valence-electron chi connectivity index (χ0n) is 13.7. The summed E-state index contributed by atoms with van der Waals surface area (Å²) < 4.78 is 3.84. The Balaban J connectivity index is 1.49. The van der Waals surface area contributed by atoms with Gasteiger partial charge in [-0.3, -0.25) is 9.69 Å². The first-order valence-electron chi connectivity index (χ1n) is 8.69. The summed E-state index contributed by atoms with van der Waals surface area (Å²) in [6.45, 7) is 2.94. The fourth-order valence-corrected chi connectivity index (χ4v) is 4.58. The Kier molecular flexibility index (Phi) is 4.58. The summed E-state index contributed by atoms with van der Waals surface area (Å²) in [4.78, 5) is 17.4. The van der Waals surface area contributed by atoms with E-state index >= 15 is 0 Å². The van der Waals surface area contributed by atoms with Crippen molar-refractivity contribution >= 4 is 17.4 Å². The molecule has 5 nitrogen and oxygen atoms in total. The number of benzene rings is 1. The van der Waals surface area contributed by atoms with E-state index in [0.29, 0.717) is 17.8 Å². The highest BCUT2D eigenvalue weighted by Crippen LogP contribution is 2.31. The molecule has 1 aromatic carbocycles. The number of aromatic nitrogens is 2. The van der Waals surface area contributed by atoms with Crippen LogP contribution in [0.1, 0.15) is 41.7 Å². The Morgan fingerprint density at radius 2 is 1.92 bits per heavy atom. The molecule has 3 heterocycles. The molecule has 2 aliphatic heterocycles. The molecular weight excluding hydrogens is 320 g/mol. The van der Waals surface area contributed by atoms with E-state index in [0.717, 1.165) is 32.5 Å². The van der Waals surface area contributed by atoms with E-state index in [4.69, 9.17) is 0 Å². The van der Waals surface area contributed by atoms with Crippen LogP contribution in [0.3, 0.4) is 0 Å². The minimum absolute atomic E-state index is 0.0535. The molecule has 0 bridgehead atoms. The Morgan fingerprint density at radius 1 is 1.12 bits per heavy atom. The second-order valence-electron chi connectivity index (χ2n) is 6.66. The van der Waals surface area contributed by atoms with Gasteiger partial charge >= 0.3 is 0 Å². The Morgan fingerprint density at radius 3 is 2.71 bits per heavy atom. The summed E-state index contributed by atoms with van der Waals surface area (Å²) in [7, 11) is 0. The third-order valence-electron chi connectivity index (χ3n) is 5.23. The molecule has 24 heavy (non-hydrogen) atoms. The minimum atomic E-state index is 0.0535. The number of nitrogens with zero attached hydrogens (tertiary/aromatic N) is 4. The van der Waals surface area contributed by atoms with Crippen molar-refractivity contribution in [1.29, 1.82) is 0 Å². The zero-order chi connectivity index (χ0) is 16.4. The highest BCUT2D eigenvalue weighted by molar-refractivity contribution is 7.03. The molecule has 1 amide bonds. The molecule has 0 N–H and O–H groups in total. The molecule has 0 unspecified atom stereocenters. The first kappa shape index (κ1) is 15.7. The largest absolute Gasteiger partial charge is 0.333 e. The lowest BCUT2D eigenvalue weighted by molar-refractivity contribution is 0.0633. The Hall–Kier alpha value is -1.79. The van der Waals surface area contributed by atoms with Crippen LogP contribution in [-0.4, -0.2) is 50.5 Å². The predicted molar refractivity (Wildman–Crippen MR) is 93.8 cm³/mol. The van der Waals surface area contributed by atoms with Gasteiger partial charge < -0.3 is 4.90 Å². The minimum Gasteiger partial charge on any atom is -0.333 e. The summed E-state index contributed by atoms with van der Waals surface area (Å²) in [6.07, 6.45) is 4.58. The number of rotatable bonds is 4. The first-order valence-corrected chi connectivity index (χ1v) is 9.52. The number of hydrogen-bond donors (Lipinski definition) is 0. The lowest BCUT2D eigenvalue weighted by Crippen LogP contribution is -2.48. The van der Waals surface area contributed by atoms with Gasteiger partial charge in [0.05, 0.1) is 0 Å². The van der Waals surface area contributed by atoms with Crippen molar-refractivity contribution in [2.45, 2.75) is 44.3 Å². The van der Waals surface area contributed by atoms with Crippen molar-refractivity contribution < 1.29 is 4.79 Å². The van der Waals surface area contributed by atoms with Crippen molar-refractivity contribution in [2.24, 2.45) is 0 Å². The average molecular weight is 342 g/mol. The van der Waals surface area contributed by atoms with Crippen LogP contribution in [0.15, 0.2) is 35.7 Å². The molecule has 2 atom stereocenters. The number of amides is 1. The molecule has 2 saturated heterocycles. The summed E-state index contributed by atoms with van der Waals surface area (Å²) in [5.41, 5.74) is 1.85. The molecule has 2 aromatic rings. The van der Waals surface area contributed by atoms with Gasteiger partial charge in [0.1, 0.15) is 0 Å². The van der Waals surface area contributed by atoms with E-state index in [1.165, 1.54) is 29.9 Å². The Bertz CT molecular complexity index is 676. The van der Waals surface area contributed by atoms with Gasteiger partial charge in [0.15, 0.2) is 5.69 Å². The smallest absolute Gasteiger partial charge is 0.275 e. The van der Waals surface area contributed by atoms with Crippen molar-refractivity contribution in [3.63, 3.8) is 0 Å². The van der Waals surface area contributed by atoms with Crippen LogP contribution in [0, 0.1) is 0 Å². The van der Waals surface area contributed by atoms with Gasteiger partial charge in [-0.05, 0) is 49.3 Å². The quantitative estimate of drug-likeness (QED) is 0.857. The van der Waals surface area contributed by atoms with Crippen molar-refractivity contribution in [1.82, 2.24) is 19.4 Å². The highest BCUT2D eigenvalue weighted by atomic mass is 32.1. The number of likely N-dealkylation sites (tertiary alicyclic amines) is 2. The predicted octanol–water partition coefficient (Wildman–Crippen LogP) is 2.81. The first-order chi connectivity index (χ1) is 11.8. The second kappa shape index (κ2) is 6.99. The maximum absolute atomic E-state index is 12.8. The third-order valence-corrected chi connectivity index (χ3v) is 5.73. The molecule has 126 valence electrons. The van der Waals surface area contributed by atoms with Crippen LogP contribution < -0.4 is 0 Å². The fourth-order valence-electron chi connectivity index (χ4n) is 4.15. The van der Waals surface area contributed by atoms with Gasteiger partial charge in [0, 0.05) is 30.6 Å². The van der Waals surface area contributed by atoms with Gasteiger partial charge in [-0.2, -0.15) is 0 Å². The van der Waals surface area contributed by atoms with E-state index in [-0.39, 0.29) is 5.91 Å². The van der Waals surface area contributed by atoms with Crippen LogP contribution in [0.5, 0.6) is 0 Å². The topological polar surface area (TPSA) is 49.3 Å². The number of hydrogen-bond acceptors (Lipinski definition) is 5. The standard InChI is InChI=1S/C18H22N4OS/c23-18(15-13-24-20-19-15)22-11-5-9-17(22)16-8-4-10-21(16)12-14-6-2-1-3-7-14/h1-3,6-7,13,16-17H,4-5,8-12H2/t16-,17-/m0/s1. The molecular formula is C18H22N4OS. The summed E-state index contributed by atoms with van der Waals surface area (Å²) >= 11 is 1.24. The van der Waals surface area contributed by atoms with Gasteiger partial charge in [-0.1, -0.05) is 34.8 Å². The van der Waals surface area contributed by atoms with E-state index in [9.17, 15) is 4.79 Å². The van der Waals surface area contributed by atoms with Crippen LogP contribution >= 0.6 is 11.5 Å². The number of carbonyl (C=O) groups is 1. The van der Waals surface area contributed by atoms with E-state index in [1.807, 2.05) is 4.90 Å². The monoisotopic (exact) mass is 342 g/mol. The van der Waals surface area contributed by atoms with E-state index in [1.54, 1.807) is 5.38 Å². The molecule has 0 saturated carbocycles. The van der Waals surface area contributed by atoms with Crippen molar-refractivity contribution in [3.05, 3.63) is 47.0 Å². The van der Waals surface area contributed by atoms with Gasteiger partial charge in [-0.25, -0.2) is 0 Å². The molecule has 2 aliphatic rings. The van der Waals surface area contributed by atoms with E-state index < -0.39 is 0 Å². The molecule has 0 spiro atoms. The van der Waals surface area contributed by atoms with Gasteiger partial charge in [-0.15, -0.1) is 5.10 Å². The molecule has 0 aliphatic carbocycles. The highest BCUT2D eigenvalue weighted by Gasteiger charge is 2.40. The lowest BCUT2D eigenvalue weighted by atomic mass is 10.0. The molecule has 0 radical (unpaired) electrons. The SMILES string of the molecule is O=C(c1csnn1)N1CCC[C@H]1[C@@H]1CCCN1Cc1ccccc1. The maximum Gasteiger partial charge on any atom is 0.275 e. The third kappa shape index (κ3) is 3.08. The van der Waals surface area contributed by atoms with Crippen molar-refractivity contribution in [3.8, 4) is 0 Å². The lowest BCUT2D eigenvalue weighted by Gasteiger charge is -2.34. The normalized spacial score (nSPS) is 24.6. The second-order valence-corrected chi connectivity index (χ2v) is 7.27. The fraction of sp³-hybridized carbons (Fsp3) is 0.500. The number of carbonyl (C=O) groups excluding carboxylic acids is 1. The molecule has 4 rings (SSSR count). The summed E-state index contributed by atoms with van der Waals surface area (Å²) in [6, 6.07) is 11.4. The van der Waals surface area contributed by atoms with Crippen LogP contribution in [0.25, 0.3) is 0 Å². The maximum atomic E-state index is 12.8. The Labute approximate surface area is 146 Å². The summed E-state index contributed by atoms with van der Waals surface area (Å²) in [5.74, 6) is 0.0535. The van der Waals surface area contributed by atoms with Crippen LogP contribution in [0.2, 0.25) is 0 Å². The van der Waals surface area contributed by atoms with Gasteiger partial charge in [0.25, 0.3) is 5.91 Å². The van der Waals surface area contributed by atoms with Crippen LogP contribution in [0.4, 0.5) is 0 Å². The van der Waals surface area contributed by atoms with Gasteiger partial charge in [0.2, 0.25) is 0 Å². The van der Waals surface area contributed by atoms with E-state index in [2.05, 4.69) is 44.8 Å². The van der Waals surface area contributed by atoms with Crippen molar-refractivity contribution in [2.75, 3.05) is 13.1 Å². The average Bonchev–Trinajstić information content (AvgIpc) is 3.36. The zero-order valence-corrected chi connectivity index (χ0v) is 14.5.